The first-order valence-electron chi connectivity index (χ1n) is 31.4. The lowest BCUT2D eigenvalue weighted by atomic mass is 10.0. The number of phosphoric ester groups is 1. The summed E-state index contributed by atoms with van der Waals surface area (Å²) in [6.07, 6.45) is 70.8. The van der Waals surface area contributed by atoms with Gasteiger partial charge in [-0.15, -0.1) is 0 Å². The molecule has 0 aromatic heterocycles. The number of carbonyl (C=O) groups is 1. The number of allylic oxidation sites excluding steroid dienone is 6. The Morgan fingerprint density at radius 1 is 0.472 bits per heavy atom. The van der Waals surface area contributed by atoms with Crippen LogP contribution in [0.5, 0.6) is 0 Å². The van der Waals surface area contributed by atoms with Crippen LogP contribution >= 0.6 is 7.82 Å². The number of aliphatic hydroxyl groups excluding tert-OH is 1. The Bertz CT molecular complexity index is 1270. The number of rotatable bonds is 58. The van der Waals surface area contributed by atoms with Crippen LogP contribution in [0.4, 0.5) is 0 Å². The molecule has 0 saturated heterocycles. The Morgan fingerprint density at radius 2 is 0.792 bits per heavy atom. The number of quaternary nitrogens is 1. The van der Waals surface area contributed by atoms with Gasteiger partial charge in [0.05, 0.1) is 39.9 Å². The minimum atomic E-state index is -4.33. The fraction of sp³-hybridized carbons (Fsp3) is 0.889. The first-order chi connectivity index (χ1) is 35.0. The summed E-state index contributed by atoms with van der Waals surface area (Å²) in [6.45, 7) is 4.89. The van der Waals surface area contributed by atoms with Crippen LogP contribution in [0.2, 0.25) is 0 Å². The highest BCUT2D eigenvalue weighted by atomic mass is 31.2. The molecule has 0 fully saturated rings. The van der Waals surface area contributed by atoms with E-state index in [0.29, 0.717) is 23.9 Å². The van der Waals surface area contributed by atoms with E-state index in [-0.39, 0.29) is 19.1 Å². The minimum absolute atomic E-state index is 0.0718. The lowest BCUT2D eigenvalue weighted by molar-refractivity contribution is -0.870. The summed E-state index contributed by atoms with van der Waals surface area (Å²) >= 11 is 0. The highest BCUT2D eigenvalue weighted by Crippen LogP contribution is 2.43. The second-order valence-electron chi connectivity index (χ2n) is 22.8. The van der Waals surface area contributed by atoms with Gasteiger partial charge in [0, 0.05) is 6.42 Å². The smallest absolute Gasteiger partial charge is 0.391 e. The monoisotopic (exact) mass is 1040 g/mol. The number of carbonyl (C=O) groups excluding carboxylic acids is 1. The van der Waals surface area contributed by atoms with Gasteiger partial charge in [-0.05, 0) is 51.4 Å². The van der Waals surface area contributed by atoms with Gasteiger partial charge in [0.1, 0.15) is 13.2 Å². The first-order valence-corrected chi connectivity index (χ1v) is 32.8. The van der Waals surface area contributed by atoms with Gasteiger partial charge in [-0.2, -0.15) is 0 Å². The first kappa shape index (κ1) is 70.7. The van der Waals surface area contributed by atoms with E-state index in [1.165, 1.54) is 218 Å². The zero-order valence-electron chi connectivity index (χ0n) is 48.7. The highest BCUT2D eigenvalue weighted by Gasteiger charge is 2.28. The Labute approximate surface area is 448 Å². The predicted molar refractivity (Wildman–Crippen MR) is 314 cm³/mol. The number of nitrogens with zero attached hydrogens (tertiary/aromatic N) is 1. The maximum absolute atomic E-state index is 13.0. The van der Waals surface area contributed by atoms with Gasteiger partial charge in [0.2, 0.25) is 5.91 Å². The largest absolute Gasteiger partial charge is 0.472 e. The molecule has 9 heteroatoms. The number of aliphatic hydroxyl groups is 1. The van der Waals surface area contributed by atoms with Gasteiger partial charge in [0.15, 0.2) is 0 Å². The molecule has 0 spiro atoms. The Kier molecular flexibility index (Phi) is 53.5. The van der Waals surface area contributed by atoms with Crippen LogP contribution in [0.25, 0.3) is 0 Å². The molecule has 0 aliphatic heterocycles. The van der Waals surface area contributed by atoms with E-state index in [0.717, 1.165) is 64.2 Å². The van der Waals surface area contributed by atoms with E-state index in [1.807, 2.05) is 21.1 Å². The molecule has 72 heavy (non-hydrogen) atoms. The van der Waals surface area contributed by atoms with E-state index in [9.17, 15) is 19.4 Å². The molecule has 0 aliphatic carbocycles. The normalized spacial score (nSPS) is 14.0. The van der Waals surface area contributed by atoms with Gasteiger partial charge in [-0.1, -0.05) is 288 Å². The molecule has 0 rings (SSSR count). The predicted octanol–water partition coefficient (Wildman–Crippen LogP) is 19.3. The van der Waals surface area contributed by atoms with Crippen molar-refractivity contribution in [2.45, 2.75) is 321 Å². The summed E-state index contributed by atoms with van der Waals surface area (Å²) in [5.41, 5.74) is 0. The van der Waals surface area contributed by atoms with Crippen molar-refractivity contribution >= 4 is 13.7 Å². The van der Waals surface area contributed by atoms with Crippen molar-refractivity contribution in [1.82, 2.24) is 5.32 Å². The van der Waals surface area contributed by atoms with Gasteiger partial charge >= 0.3 is 7.82 Å². The van der Waals surface area contributed by atoms with Crippen LogP contribution in [-0.2, 0) is 18.4 Å². The van der Waals surface area contributed by atoms with Crippen LogP contribution < -0.4 is 5.32 Å². The molecule has 0 aliphatic rings. The SMILES string of the molecule is CCCCC/C=C\C/C=C\C/C=C\CCCCCCCCC(=O)NC(COP(=O)(O)OCC[N+](C)(C)C)C(O)CCCCCCCCCCCCCCCCCCCCCCCCCCCCCCCCC. The van der Waals surface area contributed by atoms with Crippen molar-refractivity contribution in [3.05, 3.63) is 36.5 Å². The molecule has 3 N–H and O–H groups in total. The molecule has 8 nitrogen and oxygen atoms in total. The number of nitrogens with one attached hydrogen (secondary N) is 1. The van der Waals surface area contributed by atoms with Crippen molar-refractivity contribution < 1.29 is 32.9 Å². The zero-order chi connectivity index (χ0) is 52.7. The van der Waals surface area contributed by atoms with Crippen molar-refractivity contribution in [2.24, 2.45) is 0 Å². The van der Waals surface area contributed by atoms with Crippen LogP contribution in [-0.4, -0.2) is 73.4 Å². The lowest BCUT2D eigenvalue weighted by Gasteiger charge is -2.26. The summed E-state index contributed by atoms with van der Waals surface area (Å²) in [6, 6.07) is -0.769. The van der Waals surface area contributed by atoms with Gasteiger partial charge in [-0.3, -0.25) is 13.8 Å². The molecular weight excluding hydrogens is 912 g/mol. The summed E-state index contributed by atoms with van der Waals surface area (Å²) in [5.74, 6) is -0.153. The lowest BCUT2D eigenvalue weighted by Crippen LogP contribution is -2.46. The van der Waals surface area contributed by atoms with Gasteiger partial charge in [0.25, 0.3) is 0 Å². The Morgan fingerprint density at radius 3 is 1.18 bits per heavy atom. The molecular formula is C63H124N2O6P+. The van der Waals surface area contributed by atoms with Gasteiger partial charge < -0.3 is 19.8 Å². The molecule has 3 unspecified atom stereocenters. The molecule has 0 radical (unpaired) electrons. The molecule has 3 atom stereocenters. The average Bonchev–Trinajstić information content (AvgIpc) is 3.34. The van der Waals surface area contributed by atoms with Crippen molar-refractivity contribution in [3.63, 3.8) is 0 Å². The minimum Gasteiger partial charge on any atom is -0.391 e. The molecule has 426 valence electrons. The highest BCUT2D eigenvalue weighted by molar-refractivity contribution is 7.47. The summed E-state index contributed by atoms with van der Waals surface area (Å²) < 4.78 is 23.8. The fourth-order valence-electron chi connectivity index (χ4n) is 9.47. The van der Waals surface area contributed by atoms with Crippen molar-refractivity contribution in [2.75, 3.05) is 40.9 Å². The second kappa shape index (κ2) is 54.5. The molecule has 0 heterocycles. The molecule has 0 saturated carbocycles. The Balaban J connectivity index is 4.06. The summed E-state index contributed by atoms with van der Waals surface area (Å²) in [7, 11) is 1.61. The molecule has 0 aromatic carbocycles. The van der Waals surface area contributed by atoms with Crippen LogP contribution in [0, 0.1) is 0 Å². The third-order valence-corrected chi connectivity index (χ3v) is 15.4. The standard InChI is InChI=1S/C63H123N2O6P/c1-6-8-10-12-14-16-18-20-22-24-26-27-28-29-30-31-32-33-34-35-36-37-39-40-42-44-46-48-50-52-54-56-62(66)61(60-71-72(68,69)70-59-58-65(3,4)5)64-63(67)57-55-53-51-49-47-45-43-41-38-25-23-21-19-17-15-13-11-9-7-2/h15,17,21,23,38,41,61-62,66H,6-14,16,18-20,22,24-37,39-40,42-60H2,1-5H3,(H-,64,67,68,69)/p+1/b17-15-,23-21-,41-38-. The van der Waals surface area contributed by atoms with Gasteiger partial charge in [-0.25, -0.2) is 4.57 Å². The van der Waals surface area contributed by atoms with E-state index in [1.54, 1.807) is 0 Å². The zero-order valence-corrected chi connectivity index (χ0v) is 49.6. The number of hydrogen-bond acceptors (Lipinski definition) is 5. The van der Waals surface area contributed by atoms with E-state index < -0.39 is 20.0 Å². The van der Waals surface area contributed by atoms with Crippen LogP contribution in [0.15, 0.2) is 36.5 Å². The average molecular weight is 1040 g/mol. The van der Waals surface area contributed by atoms with Crippen LogP contribution in [0.1, 0.15) is 309 Å². The molecule has 0 bridgehead atoms. The summed E-state index contributed by atoms with van der Waals surface area (Å²) in [5, 5.41) is 14.1. The number of amides is 1. The Hall–Kier alpha value is -1.28. The second-order valence-corrected chi connectivity index (χ2v) is 24.2. The van der Waals surface area contributed by atoms with Crippen molar-refractivity contribution in [3.8, 4) is 0 Å². The third kappa shape index (κ3) is 56.4. The number of hydrogen-bond donors (Lipinski definition) is 3. The fourth-order valence-corrected chi connectivity index (χ4v) is 10.2. The van der Waals surface area contributed by atoms with Crippen molar-refractivity contribution in [1.29, 1.82) is 0 Å². The topological polar surface area (TPSA) is 105 Å². The summed E-state index contributed by atoms with van der Waals surface area (Å²) in [4.78, 5) is 23.4. The molecule has 0 aromatic rings. The maximum Gasteiger partial charge on any atom is 0.472 e. The van der Waals surface area contributed by atoms with E-state index in [4.69, 9.17) is 9.05 Å². The number of phosphoric acid groups is 1. The molecule has 1 amide bonds. The third-order valence-electron chi connectivity index (χ3n) is 14.4. The maximum atomic E-state index is 13.0. The number of unbranched alkanes of at least 4 members (excludes halogenated alkanes) is 39. The van der Waals surface area contributed by atoms with E-state index >= 15 is 0 Å². The van der Waals surface area contributed by atoms with Crippen LogP contribution in [0.3, 0.4) is 0 Å². The van der Waals surface area contributed by atoms with E-state index in [2.05, 4.69) is 55.6 Å². The quantitative estimate of drug-likeness (QED) is 0.0243. The number of likely N-dealkylation sites (N-methyl/N-ethyl adjacent to an activating group) is 1.